The van der Waals surface area contributed by atoms with Crippen LogP contribution in [-0.2, 0) is 0 Å². The van der Waals surface area contributed by atoms with Gasteiger partial charge in [0.05, 0.1) is 0 Å². The highest BCUT2D eigenvalue weighted by Crippen LogP contribution is 2.29. The van der Waals surface area contributed by atoms with Crippen LogP contribution in [0.15, 0.2) is 60.7 Å². The minimum Gasteiger partial charge on any atom is -0.349 e. The molecule has 2 aromatic rings. The maximum Gasteiger partial charge on any atom is 0.251 e. The molecule has 0 spiro atoms. The van der Waals surface area contributed by atoms with Crippen molar-refractivity contribution >= 4 is 11.7 Å². The van der Waals surface area contributed by atoms with Gasteiger partial charge in [0, 0.05) is 23.6 Å². The molecule has 1 amide bonds. The molecule has 2 unspecified atom stereocenters. The van der Waals surface area contributed by atoms with Crippen LogP contribution >= 0.6 is 0 Å². The quantitative estimate of drug-likeness (QED) is 0.853. The van der Waals surface area contributed by atoms with Crippen molar-refractivity contribution in [3.05, 3.63) is 71.8 Å². The Balaban J connectivity index is 1.51. The molecule has 1 aliphatic carbocycles. The molecule has 0 aromatic heterocycles. The number of carbonyl (C=O) groups is 2. The molecule has 0 aliphatic heterocycles. The Morgan fingerprint density at radius 2 is 1.48 bits per heavy atom. The van der Waals surface area contributed by atoms with Gasteiger partial charge in [-0.3, -0.25) is 9.59 Å². The number of hydrogen-bond donors (Lipinski definition) is 1. The number of nitrogens with one attached hydrogen (secondary N) is 1. The summed E-state index contributed by atoms with van der Waals surface area (Å²) in [5.74, 6) is 0.542. The molecule has 0 bridgehead atoms. The van der Waals surface area contributed by atoms with Gasteiger partial charge >= 0.3 is 0 Å². The van der Waals surface area contributed by atoms with E-state index in [0.29, 0.717) is 17.9 Å². The number of ketones is 1. The van der Waals surface area contributed by atoms with Crippen LogP contribution in [0.5, 0.6) is 0 Å². The smallest absolute Gasteiger partial charge is 0.251 e. The molecule has 1 aliphatic rings. The van der Waals surface area contributed by atoms with Crippen molar-refractivity contribution in [1.82, 2.24) is 5.32 Å². The molecule has 2 aromatic carbocycles. The van der Waals surface area contributed by atoms with Crippen LogP contribution in [0.2, 0.25) is 0 Å². The molecule has 0 heterocycles. The van der Waals surface area contributed by atoms with E-state index in [9.17, 15) is 9.59 Å². The van der Waals surface area contributed by atoms with Gasteiger partial charge in [0.15, 0.2) is 5.78 Å². The van der Waals surface area contributed by atoms with Gasteiger partial charge in [-0.05, 0) is 37.3 Å². The molecule has 1 fully saturated rings. The maximum absolute atomic E-state index is 12.3. The third-order valence-corrected chi connectivity index (χ3v) is 4.48. The lowest BCUT2D eigenvalue weighted by molar-refractivity contribution is 0.0937. The Bertz CT molecular complexity index is 607. The predicted octanol–water partition coefficient (Wildman–Crippen LogP) is 3.86. The lowest BCUT2D eigenvalue weighted by Crippen LogP contribution is -2.33. The zero-order valence-corrected chi connectivity index (χ0v) is 13.1. The first-order valence-electron chi connectivity index (χ1n) is 8.16. The fraction of sp³-hybridized carbons (Fsp3) is 0.300. The summed E-state index contributed by atoms with van der Waals surface area (Å²) in [5, 5.41) is 3.09. The molecule has 0 saturated heterocycles. The van der Waals surface area contributed by atoms with Crippen molar-refractivity contribution < 1.29 is 9.59 Å². The summed E-state index contributed by atoms with van der Waals surface area (Å²) in [6.07, 6.45) is 3.41. The summed E-state index contributed by atoms with van der Waals surface area (Å²) in [6.45, 7) is 0. The lowest BCUT2D eigenvalue weighted by atomic mass is 9.97. The minimum atomic E-state index is -0.0226. The topological polar surface area (TPSA) is 46.2 Å². The molecular formula is C20H21NO2. The second-order valence-corrected chi connectivity index (χ2v) is 6.21. The predicted molar refractivity (Wildman–Crippen MR) is 90.4 cm³/mol. The first kappa shape index (κ1) is 15.5. The number of amides is 1. The Hall–Kier alpha value is -2.42. The monoisotopic (exact) mass is 307 g/mol. The first-order chi connectivity index (χ1) is 11.2. The van der Waals surface area contributed by atoms with Crippen molar-refractivity contribution in [3.63, 3.8) is 0 Å². The number of rotatable bonds is 5. The highest BCUT2D eigenvalue weighted by molar-refractivity contribution is 5.96. The number of carbonyl (C=O) groups excluding carboxylic acids is 2. The number of hydrogen-bond acceptors (Lipinski definition) is 2. The molecule has 3 nitrogen and oxygen atoms in total. The summed E-state index contributed by atoms with van der Waals surface area (Å²) < 4.78 is 0. The van der Waals surface area contributed by atoms with Gasteiger partial charge in [0.1, 0.15) is 0 Å². The largest absolute Gasteiger partial charge is 0.349 e. The van der Waals surface area contributed by atoms with Crippen LogP contribution in [0.1, 0.15) is 46.4 Å². The van der Waals surface area contributed by atoms with E-state index < -0.39 is 0 Å². The molecule has 118 valence electrons. The fourth-order valence-electron chi connectivity index (χ4n) is 3.25. The average molecular weight is 307 g/mol. The van der Waals surface area contributed by atoms with Crippen molar-refractivity contribution in [2.45, 2.75) is 31.7 Å². The molecule has 3 rings (SSSR count). The molecule has 3 heteroatoms. The van der Waals surface area contributed by atoms with E-state index in [-0.39, 0.29) is 17.7 Å². The molecule has 2 atom stereocenters. The van der Waals surface area contributed by atoms with Gasteiger partial charge < -0.3 is 5.32 Å². The van der Waals surface area contributed by atoms with Crippen molar-refractivity contribution in [1.29, 1.82) is 0 Å². The molecule has 23 heavy (non-hydrogen) atoms. The normalized spacial score (nSPS) is 20.2. The van der Waals surface area contributed by atoms with E-state index >= 15 is 0 Å². The van der Waals surface area contributed by atoms with Crippen LogP contribution in [0.25, 0.3) is 0 Å². The standard InChI is InChI=1S/C20H21NO2/c22-19(16-7-3-1-4-8-16)14-15-11-12-18(13-15)21-20(23)17-9-5-2-6-10-17/h1-10,15,18H,11-14H2,(H,21,23). The van der Waals surface area contributed by atoms with Crippen LogP contribution in [0.3, 0.4) is 0 Å². The van der Waals surface area contributed by atoms with E-state index in [1.54, 1.807) is 0 Å². The van der Waals surface area contributed by atoms with E-state index in [4.69, 9.17) is 0 Å². The van der Waals surface area contributed by atoms with Crippen LogP contribution in [-0.4, -0.2) is 17.7 Å². The number of benzene rings is 2. The zero-order chi connectivity index (χ0) is 16.1. The fourth-order valence-corrected chi connectivity index (χ4v) is 3.25. The summed E-state index contributed by atoms with van der Waals surface area (Å²) >= 11 is 0. The Labute approximate surface area is 136 Å². The van der Waals surface area contributed by atoms with E-state index in [2.05, 4.69) is 5.32 Å². The summed E-state index contributed by atoms with van der Waals surface area (Å²) in [7, 11) is 0. The third-order valence-electron chi connectivity index (χ3n) is 4.48. The average Bonchev–Trinajstić information content (AvgIpc) is 3.03. The van der Waals surface area contributed by atoms with Gasteiger partial charge in [0.2, 0.25) is 0 Å². The summed E-state index contributed by atoms with van der Waals surface area (Å²) in [6, 6.07) is 18.9. The Kier molecular flexibility index (Phi) is 4.86. The van der Waals surface area contributed by atoms with Crippen LogP contribution < -0.4 is 5.32 Å². The second-order valence-electron chi connectivity index (χ2n) is 6.21. The molecule has 1 saturated carbocycles. The van der Waals surface area contributed by atoms with E-state index in [0.717, 1.165) is 24.8 Å². The van der Waals surface area contributed by atoms with Crippen molar-refractivity contribution in [2.75, 3.05) is 0 Å². The second kappa shape index (κ2) is 7.23. The minimum absolute atomic E-state index is 0.0226. The SMILES string of the molecule is O=C(CC1CCC(NC(=O)c2ccccc2)C1)c1ccccc1. The molecule has 0 radical (unpaired) electrons. The highest BCUT2D eigenvalue weighted by atomic mass is 16.1. The van der Waals surface area contributed by atoms with Crippen molar-refractivity contribution in [3.8, 4) is 0 Å². The third kappa shape index (κ3) is 4.07. The summed E-state index contributed by atoms with van der Waals surface area (Å²) in [4.78, 5) is 24.4. The van der Waals surface area contributed by atoms with Gasteiger partial charge in [0.25, 0.3) is 5.91 Å². The highest BCUT2D eigenvalue weighted by Gasteiger charge is 2.27. The van der Waals surface area contributed by atoms with E-state index in [1.165, 1.54) is 0 Å². The van der Waals surface area contributed by atoms with E-state index in [1.807, 2.05) is 60.7 Å². The molecular weight excluding hydrogens is 286 g/mol. The van der Waals surface area contributed by atoms with Gasteiger partial charge in [-0.1, -0.05) is 48.5 Å². The first-order valence-corrected chi connectivity index (χ1v) is 8.16. The Morgan fingerprint density at radius 3 is 2.13 bits per heavy atom. The van der Waals surface area contributed by atoms with Gasteiger partial charge in [-0.15, -0.1) is 0 Å². The van der Waals surface area contributed by atoms with Crippen molar-refractivity contribution in [2.24, 2.45) is 5.92 Å². The maximum atomic E-state index is 12.3. The molecule has 1 N–H and O–H groups in total. The Morgan fingerprint density at radius 1 is 0.870 bits per heavy atom. The van der Waals surface area contributed by atoms with Gasteiger partial charge in [-0.2, -0.15) is 0 Å². The zero-order valence-electron chi connectivity index (χ0n) is 13.1. The van der Waals surface area contributed by atoms with Gasteiger partial charge in [-0.25, -0.2) is 0 Å². The van der Waals surface area contributed by atoms with Crippen LogP contribution in [0.4, 0.5) is 0 Å². The van der Waals surface area contributed by atoms with Crippen LogP contribution in [0, 0.1) is 5.92 Å². The summed E-state index contributed by atoms with van der Waals surface area (Å²) in [5.41, 5.74) is 1.47. The number of Topliss-reactive ketones (excluding diaryl/α,β-unsaturated/α-hetero) is 1. The lowest BCUT2D eigenvalue weighted by Gasteiger charge is -2.13.